The van der Waals surface area contributed by atoms with E-state index in [1.165, 1.54) is 0 Å². The molecule has 130 valence electrons. The minimum atomic E-state index is -0.362. The van der Waals surface area contributed by atoms with E-state index in [-0.39, 0.29) is 30.5 Å². The van der Waals surface area contributed by atoms with Gasteiger partial charge in [-0.05, 0) is 30.2 Å². The Bertz CT molecular complexity index is 796. The van der Waals surface area contributed by atoms with Crippen LogP contribution in [0.4, 0.5) is 0 Å². The predicted molar refractivity (Wildman–Crippen MR) is 89.9 cm³/mol. The molecule has 2 atom stereocenters. The summed E-state index contributed by atoms with van der Waals surface area (Å²) in [6, 6.07) is 12.3. The summed E-state index contributed by atoms with van der Waals surface area (Å²) in [5, 5.41) is 12.9. The first-order chi connectivity index (χ1) is 12.2. The number of hydrazine groups is 1. The van der Waals surface area contributed by atoms with Gasteiger partial charge in [0.1, 0.15) is 11.8 Å². The summed E-state index contributed by atoms with van der Waals surface area (Å²) in [6.07, 6.45) is 0.560. The van der Waals surface area contributed by atoms with E-state index in [9.17, 15) is 9.90 Å². The van der Waals surface area contributed by atoms with Gasteiger partial charge in [-0.25, -0.2) is 10.9 Å². The number of carbonyl (C=O) groups excluding carboxylic acids is 1. The Morgan fingerprint density at radius 2 is 2.00 bits per heavy atom. The lowest BCUT2D eigenvalue weighted by atomic mass is 10.0. The number of hydrogen-bond acceptors (Lipinski definition) is 6. The largest absolute Gasteiger partial charge is 0.508 e. The molecule has 1 fully saturated rings. The van der Waals surface area contributed by atoms with Crippen LogP contribution in [-0.4, -0.2) is 23.8 Å². The Hall–Kier alpha value is -2.77. The van der Waals surface area contributed by atoms with Crippen molar-refractivity contribution in [2.24, 2.45) is 0 Å². The maximum atomic E-state index is 12.4. The molecule has 0 saturated carbocycles. The highest BCUT2D eigenvalue weighted by molar-refractivity contribution is 5.82. The summed E-state index contributed by atoms with van der Waals surface area (Å²) in [6.45, 7) is 0.644. The van der Waals surface area contributed by atoms with Crippen molar-refractivity contribution in [3.8, 4) is 17.2 Å². The van der Waals surface area contributed by atoms with Gasteiger partial charge in [0, 0.05) is 12.1 Å². The molecule has 7 nitrogen and oxygen atoms in total. The molecule has 0 aliphatic carbocycles. The van der Waals surface area contributed by atoms with Crippen molar-refractivity contribution < 1.29 is 19.4 Å². The van der Waals surface area contributed by atoms with Gasteiger partial charge < -0.3 is 19.9 Å². The molecule has 2 aliphatic heterocycles. The number of nitrogens with one attached hydrogen (secondary N) is 3. The van der Waals surface area contributed by atoms with Crippen LogP contribution >= 0.6 is 0 Å². The van der Waals surface area contributed by atoms with Gasteiger partial charge >= 0.3 is 0 Å². The number of benzene rings is 2. The van der Waals surface area contributed by atoms with Gasteiger partial charge in [0.2, 0.25) is 12.7 Å². The molecule has 7 heteroatoms. The number of para-hydroxylation sites is 1. The standard InChI is InChI=1S/C18H19N3O4/c22-15-4-2-1-3-12(15)13-8-14(21-20-13)18(23)19-9-11-5-6-16-17(7-11)25-10-24-16/h1-7,13-14,20-22H,8-10H2,(H,19,23). The van der Waals surface area contributed by atoms with Gasteiger partial charge in [0.05, 0.1) is 6.04 Å². The molecule has 2 heterocycles. The highest BCUT2D eigenvalue weighted by atomic mass is 16.7. The zero-order valence-corrected chi connectivity index (χ0v) is 13.5. The lowest BCUT2D eigenvalue weighted by Crippen LogP contribution is -2.42. The maximum Gasteiger partial charge on any atom is 0.238 e. The molecule has 0 bridgehead atoms. The highest BCUT2D eigenvalue weighted by Crippen LogP contribution is 2.32. The fourth-order valence-electron chi connectivity index (χ4n) is 3.08. The van der Waals surface area contributed by atoms with Crippen molar-refractivity contribution in [2.75, 3.05) is 6.79 Å². The summed E-state index contributed by atoms with van der Waals surface area (Å²) in [7, 11) is 0. The molecule has 4 N–H and O–H groups in total. The molecule has 0 aromatic heterocycles. The number of hydrogen-bond donors (Lipinski definition) is 4. The third-order valence-electron chi connectivity index (χ3n) is 4.44. The van der Waals surface area contributed by atoms with E-state index < -0.39 is 0 Å². The van der Waals surface area contributed by atoms with Gasteiger partial charge in [-0.1, -0.05) is 24.3 Å². The van der Waals surface area contributed by atoms with Gasteiger partial charge in [-0.15, -0.1) is 0 Å². The number of ether oxygens (including phenoxy) is 2. The maximum absolute atomic E-state index is 12.4. The highest BCUT2D eigenvalue weighted by Gasteiger charge is 2.31. The minimum Gasteiger partial charge on any atom is -0.508 e. The minimum absolute atomic E-state index is 0.0944. The van der Waals surface area contributed by atoms with Crippen LogP contribution in [0.2, 0.25) is 0 Å². The second kappa shape index (κ2) is 6.62. The number of carbonyl (C=O) groups is 1. The summed E-state index contributed by atoms with van der Waals surface area (Å²) in [5.74, 6) is 1.56. The number of rotatable bonds is 4. The Morgan fingerprint density at radius 1 is 1.16 bits per heavy atom. The fourth-order valence-corrected chi connectivity index (χ4v) is 3.08. The normalized spacial score (nSPS) is 21.3. The predicted octanol–water partition coefficient (Wildman–Crippen LogP) is 1.34. The van der Waals surface area contributed by atoms with Crippen LogP contribution < -0.4 is 25.6 Å². The molecule has 0 spiro atoms. The molecule has 1 saturated heterocycles. The molecule has 2 aliphatic rings. The number of amides is 1. The quantitative estimate of drug-likeness (QED) is 0.671. The number of fused-ring (bicyclic) bond motifs is 1. The molecule has 2 aromatic carbocycles. The Morgan fingerprint density at radius 3 is 2.88 bits per heavy atom. The summed E-state index contributed by atoms with van der Waals surface area (Å²) in [5.41, 5.74) is 7.79. The first-order valence-corrected chi connectivity index (χ1v) is 8.16. The molecular weight excluding hydrogens is 322 g/mol. The summed E-state index contributed by atoms with van der Waals surface area (Å²) in [4.78, 5) is 12.4. The molecular formula is C18H19N3O4. The lowest BCUT2D eigenvalue weighted by molar-refractivity contribution is -0.123. The summed E-state index contributed by atoms with van der Waals surface area (Å²) >= 11 is 0. The average molecular weight is 341 g/mol. The lowest BCUT2D eigenvalue weighted by Gasteiger charge is -2.12. The van der Waals surface area contributed by atoms with Crippen molar-refractivity contribution in [1.82, 2.24) is 16.2 Å². The smallest absolute Gasteiger partial charge is 0.238 e. The van der Waals surface area contributed by atoms with E-state index in [1.54, 1.807) is 12.1 Å². The zero-order chi connectivity index (χ0) is 17.2. The Labute approximate surface area is 144 Å². The summed E-state index contributed by atoms with van der Waals surface area (Å²) < 4.78 is 10.6. The van der Waals surface area contributed by atoms with Gasteiger partial charge in [-0.2, -0.15) is 0 Å². The van der Waals surface area contributed by atoms with Crippen LogP contribution in [0.1, 0.15) is 23.6 Å². The van der Waals surface area contributed by atoms with Gasteiger partial charge in [0.25, 0.3) is 0 Å². The van der Waals surface area contributed by atoms with Crippen molar-refractivity contribution in [3.63, 3.8) is 0 Å². The fraction of sp³-hybridized carbons (Fsp3) is 0.278. The molecule has 1 amide bonds. The second-order valence-corrected chi connectivity index (χ2v) is 6.09. The zero-order valence-electron chi connectivity index (χ0n) is 13.5. The number of phenolic OH excluding ortho intramolecular Hbond substituents is 1. The topological polar surface area (TPSA) is 91.9 Å². The van der Waals surface area contributed by atoms with Gasteiger partial charge in [0.15, 0.2) is 11.5 Å². The third kappa shape index (κ3) is 3.24. The van der Waals surface area contributed by atoms with Crippen molar-refractivity contribution >= 4 is 5.91 Å². The van der Waals surface area contributed by atoms with Crippen molar-refractivity contribution in [3.05, 3.63) is 53.6 Å². The van der Waals surface area contributed by atoms with Crippen LogP contribution in [0.25, 0.3) is 0 Å². The Kier molecular flexibility index (Phi) is 4.17. The van der Waals surface area contributed by atoms with E-state index in [0.717, 1.165) is 16.9 Å². The van der Waals surface area contributed by atoms with E-state index in [4.69, 9.17) is 9.47 Å². The van der Waals surface area contributed by atoms with Crippen molar-refractivity contribution in [2.45, 2.75) is 25.0 Å². The van der Waals surface area contributed by atoms with E-state index in [2.05, 4.69) is 16.2 Å². The van der Waals surface area contributed by atoms with Crippen LogP contribution in [0.15, 0.2) is 42.5 Å². The molecule has 25 heavy (non-hydrogen) atoms. The van der Waals surface area contributed by atoms with E-state index in [1.807, 2.05) is 30.3 Å². The molecule has 0 radical (unpaired) electrons. The SMILES string of the molecule is O=C(NCc1ccc2c(c1)OCO2)C1CC(c2ccccc2O)NN1. The van der Waals surface area contributed by atoms with Crippen LogP contribution in [0.5, 0.6) is 17.2 Å². The van der Waals surface area contributed by atoms with Crippen molar-refractivity contribution in [1.29, 1.82) is 0 Å². The first-order valence-electron chi connectivity index (χ1n) is 8.16. The molecule has 2 aromatic rings. The number of phenols is 1. The van der Waals surface area contributed by atoms with E-state index >= 15 is 0 Å². The first kappa shape index (κ1) is 15.7. The molecule has 2 unspecified atom stereocenters. The average Bonchev–Trinajstić information content (AvgIpc) is 3.29. The second-order valence-electron chi connectivity index (χ2n) is 6.09. The molecule has 4 rings (SSSR count). The van der Waals surface area contributed by atoms with Crippen LogP contribution in [0, 0.1) is 0 Å². The van der Waals surface area contributed by atoms with Crippen LogP contribution in [-0.2, 0) is 11.3 Å². The Balaban J connectivity index is 1.34. The monoisotopic (exact) mass is 341 g/mol. The number of aromatic hydroxyl groups is 1. The third-order valence-corrected chi connectivity index (χ3v) is 4.44. The van der Waals surface area contributed by atoms with Gasteiger partial charge in [-0.3, -0.25) is 4.79 Å². The van der Waals surface area contributed by atoms with E-state index in [0.29, 0.717) is 18.7 Å². The van der Waals surface area contributed by atoms with Crippen LogP contribution in [0.3, 0.4) is 0 Å².